The van der Waals surface area contributed by atoms with Crippen LogP contribution in [-0.2, 0) is 6.18 Å². The van der Waals surface area contributed by atoms with Crippen LogP contribution in [0.1, 0.15) is 25.0 Å². The summed E-state index contributed by atoms with van der Waals surface area (Å²) in [4.78, 5) is 0. The van der Waals surface area contributed by atoms with Crippen molar-refractivity contribution >= 4 is 11.6 Å². The minimum absolute atomic E-state index is 0.182. The quantitative estimate of drug-likeness (QED) is 0.706. The molecule has 0 aliphatic heterocycles. The summed E-state index contributed by atoms with van der Waals surface area (Å²) in [6, 6.07) is 2.14. The monoisotopic (exact) mass is 254 g/mol. The highest BCUT2D eigenvalue weighted by atomic mass is 35.5. The number of alkyl halides is 3. The molecule has 0 aromatic heterocycles. The third-order valence-corrected chi connectivity index (χ3v) is 2.10. The van der Waals surface area contributed by atoms with Gasteiger partial charge in [0.05, 0.1) is 17.7 Å². The summed E-state index contributed by atoms with van der Waals surface area (Å²) >= 11 is 5.47. The molecule has 16 heavy (non-hydrogen) atoms. The van der Waals surface area contributed by atoms with Crippen LogP contribution in [0.25, 0.3) is 0 Å². The zero-order valence-electron chi connectivity index (χ0n) is 9.57. The highest BCUT2D eigenvalue weighted by molar-refractivity contribution is 6.31. The van der Waals surface area contributed by atoms with Crippen LogP contribution in [0.3, 0.4) is 0 Å². The summed E-state index contributed by atoms with van der Waals surface area (Å²) in [6.45, 7) is 5.63. The Balaban J connectivity index is 0.00000106. The van der Waals surface area contributed by atoms with Crippen LogP contribution in [0, 0.1) is 6.92 Å². The number of rotatable bonds is 1. The number of hydrogen-bond acceptors (Lipinski definition) is 1. The van der Waals surface area contributed by atoms with Crippen LogP contribution in [-0.4, -0.2) is 7.11 Å². The molecule has 0 bridgehead atoms. The van der Waals surface area contributed by atoms with Crippen molar-refractivity contribution in [2.24, 2.45) is 0 Å². The summed E-state index contributed by atoms with van der Waals surface area (Å²) in [6.07, 6.45) is -4.45. The van der Waals surface area contributed by atoms with Gasteiger partial charge in [0.15, 0.2) is 0 Å². The molecule has 0 aliphatic carbocycles. The zero-order valence-corrected chi connectivity index (χ0v) is 10.3. The van der Waals surface area contributed by atoms with Gasteiger partial charge in [-0.15, -0.1) is 0 Å². The molecule has 5 heteroatoms. The van der Waals surface area contributed by atoms with Gasteiger partial charge < -0.3 is 4.74 Å². The molecule has 1 rings (SSSR count). The summed E-state index contributed by atoms with van der Waals surface area (Å²) in [5.41, 5.74) is -0.299. The van der Waals surface area contributed by atoms with E-state index < -0.39 is 11.7 Å². The molecule has 0 spiro atoms. The maximum Gasteiger partial charge on any atom is 0.417 e. The number of methoxy groups -OCH3 is 1. The Morgan fingerprint density at radius 1 is 1.19 bits per heavy atom. The van der Waals surface area contributed by atoms with E-state index in [1.807, 2.05) is 13.8 Å². The molecule has 1 aromatic carbocycles. The average molecular weight is 255 g/mol. The lowest BCUT2D eigenvalue weighted by molar-refractivity contribution is -0.137. The van der Waals surface area contributed by atoms with Crippen LogP contribution in [0.4, 0.5) is 13.2 Å². The van der Waals surface area contributed by atoms with Crippen molar-refractivity contribution in [1.82, 2.24) is 0 Å². The molecule has 1 aromatic rings. The standard InChI is InChI=1S/C9H8ClF3O.C2H6/c1-5-3-7(10)6(9(11,12)13)4-8(5)14-2;1-2/h3-4H,1-2H3;1-2H3. The smallest absolute Gasteiger partial charge is 0.417 e. The number of aryl methyl sites for hydroxylation is 1. The lowest BCUT2D eigenvalue weighted by Crippen LogP contribution is -2.06. The van der Waals surface area contributed by atoms with Gasteiger partial charge in [0.1, 0.15) is 5.75 Å². The van der Waals surface area contributed by atoms with Crippen LogP contribution >= 0.6 is 11.6 Å². The molecule has 0 aliphatic rings. The van der Waals surface area contributed by atoms with Crippen LogP contribution < -0.4 is 4.74 Å². The normalized spacial score (nSPS) is 10.5. The van der Waals surface area contributed by atoms with E-state index in [4.69, 9.17) is 16.3 Å². The van der Waals surface area contributed by atoms with Gasteiger partial charge >= 0.3 is 6.18 Å². The number of ether oxygens (including phenoxy) is 1. The molecule has 0 atom stereocenters. The first kappa shape index (κ1) is 15.1. The van der Waals surface area contributed by atoms with Gasteiger partial charge in [-0.2, -0.15) is 13.2 Å². The van der Waals surface area contributed by atoms with Gasteiger partial charge in [-0.1, -0.05) is 25.4 Å². The second-order valence-electron chi connectivity index (χ2n) is 2.80. The van der Waals surface area contributed by atoms with Crippen LogP contribution in [0.15, 0.2) is 12.1 Å². The van der Waals surface area contributed by atoms with E-state index in [1.54, 1.807) is 6.92 Å². The van der Waals surface area contributed by atoms with Gasteiger partial charge in [0.25, 0.3) is 0 Å². The summed E-state index contributed by atoms with van der Waals surface area (Å²) in [5, 5.41) is -0.309. The molecular weight excluding hydrogens is 241 g/mol. The third kappa shape index (κ3) is 3.59. The fraction of sp³-hybridized carbons (Fsp3) is 0.455. The molecule has 92 valence electrons. The Labute approximate surface area is 98.2 Å². The van der Waals surface area contributed by atoms with Gasteiger partial charge in [0, 0.05) is 0 Å². The Morgan fingerprint density at radius 3 is 2.06 bits per heavy atom. The minimum Gasteiger partial charge on any atom is -0.496 e. The first-order valence-electron chi connectivity index (χ1n) is 4.77. The topological polar surface area (TPSA) is 9.23 Å². The minimum atomic E-state index is -4.45. The Morgan fingerprint density at radius 2 is 1.69 bits per heavy atom. The Kier molecular flexibility index (Phi) is 5.65. The summed E-state index contributed by atoms with van der Waals surface area (Å²) in [5.74, 6) is 0.182. The Hall–Kier alpha value is -0.900. The largest absolute Gasteiger partial charge is 0.496 e. The SMILES string of the molecule is CC.COc1cc(C(F)(F)F)c(Cl)cc1C. The van der Waals surface area contributed by atoms with Gasteiger partial charge in [-0.05, 0) is 24.6 Å². The van der Waals surface area contributed by atoms with Crippen molar-refractivity contribution in [3.05, 3.63) is 28.3 Å². The average Bonchev–Trinajstić information content (AvgIpc) is 2.19. The number of benzene rings is 1. The predicted octanol–water partition coefficient (Wildman–Crippen LogP) is 4.70. The molecule has 0 heterocycles. The molecule has 0 saturated carbocycles. The van der Waals surface area contributed by atoms with E-state index in [1.165, 1.54) is 13.2 Å². The first-order valence-corrected chi connectivity index (χ1v) is 5.15. The van der Waals surface area contributed by atoms with E-state index in [0.29, 0.717) is 5.56 Å². The van der Waals surface area contributed by atoms with Crippen molar-refractivity contribution in [1.29, 1.82) is 0 Å². The molecule has 0 N–H and O–H groups in total. The van der Waals surface area contributed by atoms with E-state index >= 15 is 0 Å². The highest BCUT2D eigenvalue weighted by Gasteiger charge is 2.33. The van der Waals surface area contributed by atoms with Crippen molar-refractivity contribution in [2.75, 3.05) is 7.11 Å². The highest BCUT2D eigenvalue weighted by Crippen LogP contribution is 2.38. The fourth-order valence-corrected chi connectivity index (χ4v) is 1.42. The lowest BCUT2D eigenvalue weighted by Gasteiger charge is -2.12. The van der Waals surface area contributed by atoms with E-state index in [2.05, 4.69) is 0 Å². The first-order chi connectivity index (χ1) is 7.36. The molecule has 1 nitrogen and oxygen atoms in total. The van der Waals surface area contributed by atoms with Crippen LogP contribution in [0.5, 0.6) is 5.75 Å². The van der Waals surface area contributed by atoms with Crippen molar-refractivity contribution in [3.8, 4) is 5.75 Å². The van der Waals surface area contributed by atoms with Crippen molar-refractivity contribution < 1.29 is 17.9 Å². The lowest BCUT2D eigenvalue weighted by atomic mass is 10.1. The van der Waals surface area contributed by atoms with E-state index in [-0.39, 0.29) is 10.8 Å². The predicted molar refractivity (Wildman–Crippen MR) is 59.1 cm³/mol. The summed E-state index contributed by atoms with van der Waals surface area (Å²) < 4.78 is 41.8. The second kappa shape index (κ2) is 5.99. The van der Waals surface area contributed by atoms with E-state index in [9.17, 15) is 13.2 Å². The zero-order chi connectivity index (χ0) is 12.9. The second-order valence-corrected chi connectivity index (χ2v) is 3.21. The maximum absolute atomic E-state index is 12.4. The summed E-state index contributed by atoms with van der Waals surface area (Å²) in [7, 11) is 1.32. The van der Waals surface area contributed by atoms with Crippen molar-refractivity contribution in [2.45, 2.75) is 26.9 Å². The van der Waals surface area contributed by atoms with Gasteiger partial charge in [-0.25, -0.2) is 0 Å². The Bertz CT molecular complexity index is 348. The molecule has 0 radical (unpaired) electrons. The number of halogens is 4. The van der Waals surface area contributed by atoms with Gasteiger partial charge in [0.2, 0.25) is 0 Å². The maximum atomic E-state index is 12.4. The van der Waals surface area contributed by atoms with Gasteiger partial charge in [-0.3, -0.25) is 0 Å². The van der Waals surface area contributed by atoms with Crippen LogP contribution in [0.2, 0.25) is 5.02 Å². The molecule has 0 amide bonds. The number of hydrogen-bond donors (Lipinski definition) is 0. The molecule has 0 fully saturated rings. The molecule has 0 unspecified atom stereocenters. The molecule has 0 saturated heterocycles. The third-order valence-electron chi connectivity index (χ3n) is 1.79. The molecular formula is C11H14ClF3O. The van der Waals surface area contributed by atoms with Crippen molar-refractivity contribution in [3.63, 3.8) is 0 Å². The van der Waals surface area contributed by atoms with E-state index in [0.717, 1.165) is 6.07 Å². The fourth-order valence-electron chi connectivity index (χ4n) is 1.09.